The van der Waals surface area contributed by atoms with Gasteiger partial charge in [0.05, 0.1) is 11.1 Å². The van der Waals surface area contributed by atoms with Crippen LogP contribution < -0.4 is 9.47 Å². The Balaban J connectivity index is 1.28. The molecule has 0 aliphatic carbocycles. The fraction of sp³-hybridized carbons (Fsp3) is 0.379. The second-order valence-corrected chi connectivity index (χ2v) is 9.88. The number of hydrogen-bond donors (Lipinski definition) is 0. The normalized spacial score (nSPS) is 17.4. The minimum atomic E-state index is -4.86. The molecule has 5 rings (SSSR count). The number of rotatable bonds is 7. The zero-order valence-electron chi connectivity index (χ0n) is 21.1. The summed E-state index contributed by atoms with van der Waals surface area (Å²) in [5, 5.41) is 0. The van der Waals surface area contributed by atoms with E-state index >= 15 is 0 Å². The zero-order valence-corrected chi connectivity index (χ0v) is 21.1. The van der Waals surface area contributed by atoms with Crippen molar-refractivity contribution in [3.05, 3.63) is 94.5 Å². The van der Waals surface area contributed by atoms with E-state index in [1.54, 1.807) is 0 Å². The molecule has 0 spiro atoms. The first kappa shape index (κ1) is 27.3. The summed E-state index contributed by atoms with van der Waals surface area (Å²) in [7, 11) is 0. The molecule has 0 saturated carbocycles. The van der Waals surface area contributed by atoms with Gasteiger partial charge in [-0.05, 0) is 59.9 Å². The molecule has 0 radical (unpaired) electrons. The van der Waals surface area contributed by atoms with Gasteiger partial charge in [0, 0.05) is 38.8 Å². The standard InChI is InChI=1S/C29H28F6N2O2/c30-28(31,32)23-14-20(15-24(17-23)29(33,34)35)6-8-25(22-4-2-1-3-5-22)37-12-10-36(11-13-37)18-21-7-9-26-27(16-21)39-19-38-26/h1-5,7,9,14-17,25H,6,8,10-13,18-19H2. The van der Waals surface area contributed by atoms with Gasteiger partial charge in [-0.1, -0.05) is 36.4 Å². The topological polar surface area (TPSA) is 24.9 Å². The van der Waals surface area contributed by atoms with E-state index in [9.17, 15) is 26.3 Å². The third-order valence-corrected chi connectivity index (χ3v) is 7.23. The highest BCUT2D eigenvalue weighted by molar-refractivity contribution is 5.44. The molecule has 208 valence electrons. The fourth-order valence-corrected chi connectivity index (χ4v) is 5.23. The molecule has 3 aromatic rings. The number of piperazine rings is 1. The van der Waals surface area contributed by atoms with Crippen molar-refractivity contribution in [3.8, 4) is 11.5 Å². The summed E-state index contributed by atoms with van der Waals surface area (Å²) in [6.07, 6.45) is -9.24. The van der Waals surface area contributed by atoms with Gasteiger partial charge in [-0.15, -0.1) is 0 Å². The van der Waals surface area contributed by atoms with E-state index in [4.69, 9.17) is 9.47 Å². The van der Waals surface area contributed by atoms with Gasteiger partial charge in [0.2, 0.25) is 6.79 Å². The third kappa shape index (κ3) is 6.67. The van der Waals surface area contributed by atoms with E-state index in [1.165, 1.54) is 0 Å². The molecule has 1 atom stereocenters. The monoisotopic (exact) mass is 550 g/mol. The van der Waals surface area contributed by atoms with Crippen LogP contribution in [0.15, 0.2) is 66.7 Å². The van der Waals surface area contributed by atoms with E-state index in [0.29, 0.717) is 6.42 Å². The van der Waals surface area contributed by atoms with Crippen molar-refractivity contribution < 1.29 is 35.8 Å². The summed E-state index contributed by atoms with van der Waals surface area (Å²) >= 11 is 0. The molecule has 1 unspecified atom stereocenters. The highest BCUT2D eigenvalue weighted by Crippen LogP contribution is 2.38. The van der Waals surface area contributed by atoms with E-state index in [0.717, 1.165) is 67.5 Å². The Hall–Kier alpha value is -3.24. The highest BCUT2D eigenvalue weighted by atomic mass is 19.4. The van der Waals surface area contributed by atoms with Crippen molar-refractivity contribution in [2.75, 3.05) is 33.0 Å². The van der Waals surface area contributed by atoms with Crippen LogP contribution in [-0.2, 0) is 25.3 Å². The molecule has 2 aliphatic rings. The van der Waals surface area contributed by atoms with Gasteiger partial charge < -0.3 is 9.47 Å². The number of aryl methyl sites for hydroxylation is 1. The maximum atomic E-state index is 13.4. The molecule has 3 aromatic carbocycles. The summed E-state index contributed by atoms with van der Waals surface area (Å²) < 4.78 is 91.0. The van der Waals surface area contributed by atoms with Crippen LogP contribution in [0.4, 0.5) is 26.3 Å². The Labute approximate surface area is 222 Å². The van der Waals surface area contributed by atoms with E-state index in [2.05, 4.69) is 9.80 Å². The first-order valence-corrected chi connectivity index (χ1v) is 12.7. The summed E-state index contributed by atoms with van der Waals surface area (Å²) in [4.78, 5) is 4.59. The summed E-state index contributed by atoms with van der Waals surface area (Å²) in [5.74, 6) is 1.47. The Morgan fingerprint density at radius 2 is 1.33 bits per heavy atom. The number of halogens is 6. The lowest BCUT2D eigenvalue weighted by Crippen LogP contribution is -2.47. The van der Waals surface area contributed by atoms with Crippen LogP contribution in [0.2, 0.25) is 0 Å². The number of alkyl halides is 6. The molecule has 39 heavy (non-hydrogen) atoms. The van der Waals surface area contributed by atoms with Crippen LogP contribution >= 0.6 is 0 Å². The molecular weight excluding hydrogens is 522 g/mol. The van der Waals surface area contributed by atoms with Gasteiger partial charge in [0.15, 0.2) is 11.5 Å². The van der Waals surface area contributed by atoms with Crippen LogP contribution in [0.3, 0.4) is 0 Å². The average Bonchev–Trinajstić information content (AvgIpc) is 3.37. The van der Waals surface area contributed by atoms with Crippen LogP contribution in [0.1, 0.15) is 40.3 Å². The fourth-order valence-electron chi connectivity index (χ4n) is 5.23. The Bertz CT molecular complexity index is 1240. The Morgan fingerprint density at radius 1 is 0.692 bits per heavy atom. The van der Waals surface area contributed by atoms with Crippen molar-refractivity contribution in [1.29, 1.82) is 0 Å². The summed E-state index contributed by atoms with van der Waals surface area (Å²) in [5.41, 5.74) is -0.428. The van der Waals surface area contributed by atoms with Crippen molar-refractivity contribution in [3.63, 3.8) is 0 Å². The first-order chi connectivity index (χ1) is 18.6. The Morgan fingerprint density at radius 3 is 1.97 bits per heavy atom. The maximum absolute atomic E-state index is 13.4. The zero-order chi connectivity index (χ0) is 27.6. The van der Waals surface area contributed by atoms with Crippen LogP contribution in [0, 0.1) is 0 Å². The first-order valence-electron chi connectivity index (χ1n) is 12.7. The van der Waals surface area contributed by atoms with Crippen LogP contribution in [0.25, 0.3) is 0 Å². The van der Waals surface area contributed by atoms with Gasteiger partial charge in [-0.25, -0.2) is 0 Å². The van der Waals surface area contributed by atoms with Gasteiger partial charge in [0.25, 0.3) is 0 Å². The van der Waals surface area contributed by atoms with E-state index in [-0.39, 0.29) is 30.9 Å². The molecule has 0 bridgehead atoms. The SMILES string of the molecule is FC(F)(F)c1cc(CCC(c2ccccc2)N2CCN(Cc3ccc4c(c3)OCO4)CC2)cc(C(F)(F)F)c1. The smallest absolute Gasteiger partial charge is 0.416 e. The summed E-state index contributed by atoms with van der Waals surface area (Å²) in [6, 6.07) is 17.2. The Kier molecular flexibility index (Phi) is 7.77. The lowest BCUT2D eigenvalue weighted by Gasteiger charge is -2.39. The summed E-state index contributed by atoms with van der Waals surface area (Å²) in [6.45, 7) is 3.96. The third-order valence-electron chi connectivity index (χ3n) is 7.23. The van der Waals surface area contributed by atoms with E-state index in [1.807, 2.05) is 48.5 Å². The largest absolute Gasteiger partial charge is 0.454 e. The van der Waals surface area contributed by atoms with Crippen LogP contribution in [-0.4, -0.2) is 42.8 Å². The minimum Gasteiger partial charge on any atom is -0.454 e. The molecule has 2 heterocycles. The van der Waals surface area contributed by atoms with Crippen LogP contribution in [0.5, 0.6) is 11.5 Å². The van der Waals surface area contributed by atoms with Crippen molar-refractivity contribution >= 4 is 0 Å². The lowest BCUT2D eigenvalue weighted by molar-refractivity contribution is -0.143. The predicted octanol–water partition coefficient (Wildman–Crippen LogP) is 6.94. The number of nitrogens with zero attached hydrogens (tertiary/aromatic N) is 2. The van der Waals surface area contributed by atoms with Gasteiger partial charge in [-0.3, -0.25) is 9.80 Å². The van der Waals surface area contributed by atoms with E-state index < -0.39 is 23.5 Å². The van der Waals surface area contributed by atoms with Crippen molar-refractivity contribution in [1.82, 2.24) is 9.80 Å². The molecule has 1 fully saturated rings. The second kappa shape index (κ2) is 11.1. The average molecular weight is 551 g/mol. The van der Waals surface area contributed by atoms with Gasteiger partial charge in [0.1, 0.15) is 0 Å². The molecule has 4 nitrogen and oxygen atoms in total. The molecular formula is C29H28F6N2O2. The highest BCUT2D eigenvalue weighted by Gasteiger charge is 2.37. The molecule has 2 aliphatic heterocycles. The minimum absolute atomic E-state index is 0.0273. The molecule has 0 N–H and O–H groups in total. The lowest BCUT2D eigenvalue weighted by atomic mass is 9.95. The second-order valence-electron chi connectivity index (χ2n) is 9.88. The van der Waals surface area contributed by atoms with Gasteiger partial charge >= 0.3 is 12.4 Å². The number of benzene rings is 3. The van der Waals surface area contributed by atoms with Crippen molar-refractivity contribution in [2.45, 2.75) is 37.8 Å². The quantitative estimate of drug-likeness (QED) is 0.298. The molecule has 10 heteroatoms. The van der Waals surface area contributed by atoms with Gasteiger partial charge in [-0.2, -0.15) is 26.3 Å². The number of ether oxygens (including phenoxy) is 2. The molecule has 0 amide bonds. The van der Waals surface area contributed by atoms with Crippen molar-refractivity contribution in [2.24, 2.45) is 0 Å². The number of hydrogen-bond acceptors (Lipinski definition) is 4. The predicted molar refractivity (Wildman–Crippen MR) is 133 cm³/mol. The number of fused-ring (bicyclic) bond motifs is 1. The molecule has 0 aromatic heterocycles. The maximum Gasteiger partial charge on any atom is 0.416 e. The molecule has 1 saturated heterocycles.